The molecule has 1 heterocycles. The van der Waals surface area contributed by atoms with Crippen LogP contribution in [0.4, 0.5) is 11.6 Å². The number of amides is 2. The van der Waals surface area contributed by atoms with Crippen molar-refractivity contribution in [2.45, 2.75) is 25.8 Å². The summed E-state index contributed by atoms with van der Waals surface area (Å²) in [6, 6.07) is 14.2. The largest absolute Gasteiger partial charge is 0.378 e. The minimum absolute atomic E-state index is 0.276. The average molecular weight is 379 g/mol. The quantitative estimate of drug-likeness (QED) is 0.588. The number of H-pyrrole nitrogens is 1. The maximum atomic E-state index is 12.7. The van der Waals surface area contributed by atoms with Crippen molar-refractivity contribution in [2.24, 2.45) is 0 Å². The van der Waals surface area contributed by atoms with Crippen LogP contribution in [0.1, 0.15) is 30.1 Å². The number of rotatable bonds is 7. The minimum Gasteiger partial charge on any atom is -0.378 e. The highest BCUT2D eigenvalue weighted by atomic mass is 16.2. The molecule has 1 aromatic heterocycles. The zero-order valence-electron chi connectivity index (χ0n) is 16.3. The Balaban J connectivity index is 1.72. The molecule has 0 unspecified atom stereocenters. The number of hydrogen-bond donors (Lipinski definition) is 3. The van der Waals surface area contributed by atoms with Gasteiger partial charge in [-0.25, -0.2) is 4.98 Å². The first-order valence-corrected chi connectivity index (χ1v) is 9.31. The maximum absolute atomic E-state index is 12.7. The number of para-hydroxylation sites is 2. The summed E-state index contributed by atoms with van der Waals surface area (Å²) < 4.78 is 0. The van der Waals surface area contributed by atoms with Crippen molar-refractivity contribution in [1.29, 1.82) is 0 Å². The SMILES string of the molecule is CCC[C@H](NC(=O)c1cccc(N(C)C)c1)C(=O)Nc1nc2ccccc2[nH]1. The summed E-state index contributed by atoms with van der Waals surface area (Å²) in [4.78, 5) is 34.7. The third kappa shape index (κ3) is 4.49. The lowest BCUT2D eigenvalue weighted by atomic mass is 10.1. The number of nitrogens with zero attached hydrogens (tertiary/aromatic N) is 2. The fraction of sp³-hybridized carbons (Fsp3) is 0.286. The van der Waals surface area contributed by atoms with Crippen LogP contribution in [0.2, 0.25) is 0 Å². The highest BCUT2D eigenvalue weighted by molar-refractivity contribution is 6.01. The van der Waals surface area contributed by atoms with Gasteiger partial charge in [0.1, 0.15) is 6.04 Å². The third-order valence-corrected chi connectivity index (χ3v) is 4.45. The van der Waals surface area contributed by atoms with Crippen LogP contribution in [0.3, 0.4) is 0 Å². The van der Waals surface area contributed by atoms with Crippen molar-refractivity contribution >= 4 is 34.5 Å². The monoisotopic (exact) mass is 379 g/mol. The number of fused-ring (bicyclic) bond motifs is 1. The van der Waals surface area contributed by atoms with Gasteiger partial charge in [0.15, 0.2) is 0 Å². The van der Waals surface area contributed by atoms with Crippen molar-refractivity contribution in [1.82, 2.24) is 15.3 Å². The van der Waals surface area contributed by atoms with Crippen molar-refractivity contribution in [2.75, 3.05) is 24.3 Å². The number of carbonyl (C=O) groups is 2. The molecule has 7 heteroatoms. The predicted octanol–water partition coefficient (Wildman–Crippen LogP) is 3.17. The van der Waals surface area contributed by atoms with E-state index in [4.69, 9.17) is 0 Å². The van der Waals surface area contributed by atoms with E-state index < -0.39 is 6.04 Å². The van der Waals surface area contributed by atoms with Crippen LogP contribution < -0.4 is 15.5 Å². The predicted molar refractivity (Wildman–Crippen MR) is 112 cm³/mol. The van der Waals surface area contributed by atoms with Gasteiger partial charge in [-0.05, 0) is 36.8 Å². The molecule has 3 rings (SSSR count). The Labute approximate surface area is 164 Å². The number of benzene rings is 2. The van der Waals surface area contributed by atoms with Crippen molar-refractivity contribution < 1.29 is 9.59 Å². The van der Waals surface area contributed by atoms with Crippen molar-refractivity contribution in [3.8, 4) is 0 Å². The molecule has 0 aliphatic rings. The second-order valence-corrected chi connectivity index (χ2v) is 6.85. The Morgan fingerprint density at radius 3 is 2.64 bits per heavy atom. The molecule has 0 fully saturated rings. The van der Waals surface area contributed by atoms with Gasteiger partial charge in [-0.2, -0.15) is 0 Å². The molecule has 2 aromatic carbocycles. The van der Waals surface area contributed by atoms with Crippen molar-refractivity contribution in [3.63, 3.8) is 0 Å². The summed E-state index contributed by atoms with van der Waals surface area (Å²) in [5, 5.41) is 5.62. The first kappa shape index (κ1) is 19.4. The van der Waals surface area contributed by atoms with Gasteiger partial charge in [-0.3, -0.25) is 14.9 Å². The molecular weight excluding hydrogens is 354 g/mol. The molecule has 0 bridgehead atoms. The summed E-state index contributed by atoms with van der Waals surface area (Å²) >= 11 is 0. The Morgan fingerprint density at radius 2 is 1.93 bits per heavy atom. The smallest absolute Gasteiger partial charge is 0.252 e. The van der Waals surface area contributed by atoms with E-state index in [1.54, 1.807) is 12.1 Å². The summed E-state index contributed by atoms with van der Waals surface area (Å²) in [7, 11) is 3.83. The standard InChI is InChI=1S/C21H25N5O2/c1-4-8-18(22-19(27)14-9-7-10-15(13-14)26(2)3)20(28)25-21-23-16-11-5-6-12-17(16)24-21/h5-7,9-13,18H,4,8H2,1-3H3,(H,22,27)(H2,23,24,25,28)/t18-/m0/s1. The van der Waals surface area contributed by atoms with Crippen molar-refractivity contribution in [3.05, 3.63) is 54.1 Å². The van der Waals surface area contributed by atoms with Gasteiger partial charge in [-0.15, -0.1) is 0 Å². The molecule has 0 saturated heterocycles. The fourth-order valence-electron chi connectivity index (χ4n) is 2.94. The molecular formula is C21H25N5O2. The number of aromatic amines is 1. The zero-order chi connectivity index (χ0) is 20.1. The second-order valence-electron chi connectivity index (χ2n) is 6.85. The van der Waals surface area contributed by atoms with Crippen LogP contribution in [0, 0.1) is 0 Å². The summed E-state index contributed by atoms with van der Waals surface area (Å²) in [6.07, 6.45) is 1.29. The van der Waals surface area contributed by atoms with Crippen LogP contribution in [0.15, 0.2) is 48.5 Å². The van der Waals surface area contributed by atoms with E-state index in [-0.39, 0.29) is 11.8 Å². The molecule has 0 radical (unpaired) electrons. The van der Waals surface area contributed by atoms with E-state index in [0.717, 1.165) is 23.1 Å². The maximum Gasteiger partial charge on any atom is 0.252 e. The minimum atomic E-state index is -0.645. The van der Waals surface area contributed by atoms with Crippen LogP contribution >= 0.6 is 0 Å². The van der Waals surface area contributed by atoms with Crippen LogP contribution in [0.5, 0.6) is 0 Å². The van der Waals surface area contributed by atoms with E-state index in [1.807, 2.05) is 62.3 Å². The van der Waals surface area contributed by atoms with Gasteiger partial charge in [0, 0.05) is 25.3 Å². The molecule has 3 aromatic rings. The first-order chi connectivity index (χ1) is 13.5. The molecule has 0 aliphatic carbocycles. The number of nitrogens with one attached hydrogen (secondary N) is 3. The number of aromatic nitrogens is 2. The lowest BCUT2D eigenvalue weighted by Crippen LogP contribution is -2.43. The molecule has 0 spiro atoms. The number of carbonyl (C=O) groups excluding carboxylic acids is 2. The van der Waals surface area contributed by atoms with Gasteiger partial charge < -0.3 is 15.2 Å². The lowest BCUT2D eigenvalue weighted by molar-refractivity contribution is -0.118. The molecule has 146 valence electrons. The van der Waals surface area contributed by atoms with E-state index in [9.17, 15) is 9.59 Å². The number of imidazole rings is 1. The van der Waals surface area contributed by atoms with E-state index in [1.165, 1.54) is 0 Å². The molecule has 0 aliphatic heterocycles. The molecule has 3 N–H and O–H groups in total. The fourth-order valence-corrected chi connectivity index (χ4v) is 2.94. The van der Waals surface area contributed by atoms with Crippen LogP contribution in [-0.2, 0) is 4.79 Å². The first-order valence-electron chi connectivity index (χ1n) is 9.31. The number of hydrogen-bond acceptors (Lipinski definition) is 4. The van der Waals surface area contributed by atoms with Gasteiger partial charge >= 0.3 is 0 Å². The van der Waals surface area contributed by atoms with Gasteiger partial charge in [-0.1, -0.05) is 31.5 Å². The summed E-state index contributed by atoms with van der Waals surface area (Å²) in [5.41, 5.74) is 3.05. The highest BCUT2D eigenvalue weighted by Gasteiger charge is 2.22. The van der Waals surface area contributed by atoms with E-state index >= 15 is 0 Å². The molecule has 28 heavy (non-hydrogen) atoms. The van der Waals surface area contributed by atoms with Gasteiger partial charge in [0.25, 0.3) is 5.91 Å². The third-order valence-electron chi connectivity index (χ3n) is 4.45. The molecule has 1 atom stereocenters. The van der Waals surface area contributed by atoms with E-state index in [0.29, 0.717) is 17.9 Å². The van der Waals surface area contributed by atoms with Crippen LogP contribution in [0.25, 0.3) is 11.0 Å². The Morgan fingerprint density at radius 1 is 1.14 bits per heavy atom. The Hall–Kier alpha value is -3.35. The Kier molecular flexibility index (Phi) is 5.93. The summed E-state index contributed by atoms with van der Waals surface area (Å²) in [6.45, 7) is 1.97. The molecule has 0 saturated carbocycles. The van der Waals surface area contributed by atoms with E-state index in [2.05, 4.69) is 20.6 Å². The summed E-state index contributed by atoms with van der Waals surface area (Å²) in [5.74, 6) is -0.198. The van der Waals surface area contributed by atoms with Crippen LogP contribution in [-0.4, -0.2) is 41.9 Å². The average Bonchev–Trinajstić information content (AvgIpc) is 3.09. The highest BCUT2D eigenvalue weighted by Crippen LogP contribution is 2.15. The molecule has 7 nitrogen and oxygen atoms in total. The Bertz CT molecular complexity index is 947. The number of anilines is 2. The van der Waals surface area contributed by atoms with Gasteiger partial charge in [0.2, 0.25) is 11.9 Å². The zero-order valence-corrected chi connectivity index (χ0v) is 16.3. The topological polar surface area (TPSA) is 90.1 Å². The second kappa shape index (κ2) is 8.56. The molecule has 2 amide bonds. The lowest BCUT2D eigenvalue weighted by Gasteiger charge is -2.18. The van der Waals surface area contributed by atoms with Gasteiger partial charge in [0.05, 0.1) is 11.0 Å². The normalized spacial score (nSPS) is 11.8.